The van der Waals surface area contributed by atoms with E-state index < -0.39 is 0 Å². The molecule has 0 radical (unpaired) electrons. The molecule has 0 aromatic carbocycles. The molecule has 0 aliphatic rings. The summed E-state index contributed by atoms with van der Waals surface area (Å²) in [6, 6.07) is 1.74. The molecule has 0 aliphatic carbocycles. The summed E-state index contributed by atoms with van der Waals surface area (Å²) < 4.78 is 0. The Morgan fingerprint density at radius 3 is 2.50 bits per heavy atom. The molecule has 0 bridgehead atoms. The van der Waals surface area contributed by atoms with Crippen LogP contribution in [0.4, 0.5) is 5.95 Å². The first kappa shape index (κ1) is 11.2. The molecule has 0 aliphatic heterocycles. The molecular weight excluding hydrogens is 198 g/mol. The predicted molar refractivity (Wildman–Crippen MR) is 59.7 cm³/mol. The fourth-order valence-electron chi connectivity index (χ4n) is 0.953. The van der Waals surface area contributed by atoms with E-state index in [1.807, 2.05) is 6.92 Å². The van der Waals surface area contributed by atoms with E-state index >= 15 is 0 Å². The van der Waals surface area contributed by atoms with Crippen molar-refractivity contribution in [2.24, 2.45) is 5.41 Å². The third kappa shape index (κ3) is 3.92. The normalized spacial score (nSPS) is 11.5. The maximum Gasteiger partial charge on any atom is 0.224 e. The van der Waals surface area contributed by atoms with Gasteiger partial charge in [-0.3, -0.25) is 0 Å². The second-order valence-electron chi connectivity index (χ2n) is 4.57. The smallest absolute Gasteiger partial charge is 0.224 e. The van der Waals surface area contributed by atoms with Crippen LogP contribution >= 0.6 is 11.6 Å². The average molecular weight is 214 g/mol. The summed E-state index contributed by atoms with van der Waals surface area (Å²) in [5, 5.41) is 3.64. The van der Waals surface area contributed by atoms with Gasteiger partial charge in [0.1, 0.15) is 5.15 Å². The summed E-state index contributed by atoms with van der Waals surface area (Å²) in [4.78, 5) is 8.31. The lowest BCUT2D eigenvalue weighted by atomic mass is 9.97. The van der Waals surface area contributed by atoms with Gasteiger partial charge in [-0.1, -0.05) is 32.4 Å². The number of nitrogens with zero attached hydrogens (tertiary/aromatic N) is 2. The lowest BCUT2D eigenvalue weighted by Crippen LogP contribution is -2.20. The van der Waals surface area contributed by atoms with Crippen LogP contribution in [-0.2, 0) is 0 Å². The first-order valence-corrected chi connectivity index (χ1v) is 5.00. The van der Waals surface area contributed by atoms with Gasteiger partial charge in [-0.2, -0.15) is 0 Å². The van der Waals surface area contributed by atoms with E-state index in [2.05, 4.69) is 36.1 Å². The van der Waals surface area contributed by atoms with E-state index in [4.69, 9.17) is 11.6 Å². The van der Waals surface area contributed by atoms with E-state index in [1.165, 1.54) is 0 Å². The van der Waals surface area contributed by atoms with Gasteiger partial charge in [0.15, 0.2) is 0 Å². The van der Waals surface area contributed by atoms with Crippen molar-refractivity contribution in [3.63, 3.8) is 0 Å². The summed E-state index contributed by atoms with van der Waals surface area (Å²) >= 11 is 5.81. The highest BCUT2D eigenvalue weighted by molar-refractivity contribution is 6.29. The number of rotatable bonds is 2. The van der Waals surface area contributed by atoms with Crippen molar-refractivity contribution in [3.8, 4) is 0 Å². The topological polar surface area (TPSA) is 37.8 Å². The van der Waals surface area contributed by atoms with Gasteiger partial charge in [0.05, 0.1) is 0 Å². The number of aryl methyl sites for hydroxylation is 1. The number of anilines is 1. The largest absolute Gasteiger partial charge is 0.354 e. The molecule has 3 nitrogen and oxygen atoms in total. The number of hydrogen-bond acceptors (Lipinski definition) is 3. The van der Waals surface area contributed by atoms with Gasteiger partial charge in [0, 0.05) is 12.2 Å². The molecule has 0 spiro atoms. The van der Waals surface area contributed by atoms with E-state index in [9.17, 15) is 0 Å². The van der Waals surface area contributed by atoms with Gasteiger partial charge in [-0.15, -0.1) is 0 Å². The fraction of sp³-hybridized carbons (Fsp3) is 0.600. The van der Waals surface area contributed by atoms with Gasteiger partial charge in [-0.25, -0.2) is 9.97 Å². The maximum absolute atomic E-state index is 5.81. The third-order valence-electron chi connectivity index (χ3n) is 1.60. The van der Waals surface area contributed by atoms with E-state index in [0.717, 1.165) is 12.2 Å². The Labute approximate surface area is 89.9 Å². The van der Waals surface area contributed by atoms with Crippen LogP contribution in [0, 0.1) is 12.3 Å². The van der Waals surface area contributed by atoms with Crippen LogP contribution in [0.5, 0.6) is 0 Å². The van der Waals surface area contributed by atoms with Crippen LogP contribution in [0.15, 0.2) is 6.07 Å². The number of hydrogen-bond donors (Lipinski definition) is 1. The van der Waals surface area contributed by atoms with E-state index in [1.54, 1.807) is 6.07 Å². The summed E-state index contributed by atoms with van der Waals surface area (Å²) in [6.07, 6.45) is 0. The van der Waals surface area contributed by atoms with Crippen LogP contribution in [0.2, 0.25) is 5.15 Å². The van der Waals surface area contributed by atoms with Gasteiger partial charge < -0.3 is 5.32 Å². The number of halogens is 1. The quantitative estimate of drug-likeness (QED) is 0.768. The van der Waals surface area contributed by atoms with Crippen molar-refractivity contribution in [2.45, 2.75) is 27.7 Å². The molecule has 14 heavy (non-hydrogen) atoms. The number of aromatic nitrogens is 2. The van der Waals surface area contributed by atoms with Crippen molar-refractivity contribution in [2.75, 3.05) is 11.9 Å². The molecule has 1 N–H and O–H groups in total. The van der Waals surface area contributed by atoms with Crippen LogP contribution in [0.25, 0.3) is 0 Å². The lowest BCUT2D eigenvalue weighted by molar-refractivity contribution is 0.441. The molecular formula is C10H16ClN3. The second kappa shape index (κ2) is 4.13. The van der Waals surface area contributed by atoms with Gasteiger partial charge in [0.2, 0.25) is 5.95 Å². The highest BCUT2D eigenvalue weighted by Crippen LogP contribution is 2.15. The Kier molecular flexibility index (Phi) is 3.32. The van der Waals surface area contributed by atoms with Crippen molar-refractivity contribution in [1.82, 2.24) is 9.97 Å². The van der Waals surface area contributed by atoms with Crippen LogP contribution in [-0.4, -0.2) is 16.5 Å². The minimum atomic E-state index is 0.208. The average Bonchev–Trinajstić information content (AvgIpc) is 1.97. The van der Waals surface area contributed by atoms with Crippen molar-refractivity contribution < 1.29 is 0 Å². The van der Waals surface area contributed by atoms with E-state index in [0.29, 0.717) is 11.1 Å². The van der Waals surface area contributed by atoms with Crippen LogP contribution < -0.4 is 5.32 Å². The molecule has 1 aromatic rings. The molecule has 78 valence electrons. The second-order valence-corrected chi connectivity index (χ2v) is 4.96. The molecule has 1 heterocycles. The Morgan fingerprint density at radius 2 is 2.00 bits per heavy atom. The molecule has 0 saturated carbocycles. The Bertz CT molecular complexity index is 297. The summed E-state index contributed by atoms with van der Waals surface area (Å²) in [6.45, 7) is 9.18. The fourth-order valence-corrected chi connectivity index (χ4v) is 1.19. The van der Waals surface area contributed by atoms with Gasteiger partial charge in [-0.05, 0) is 18.4 Å². The number of nitrogens with one attached hydrogen (secondary N) is 1. The molecule has 0 unspecified atom stereocenters. The van der Waals surface area contributed by atoms with Crippen molar-refractivity contribution in [1.29, 1.82) is 0 Å². The van der Waals surface area contributed by atoms with Gasteiger partial charge in [0.25, 0.3) is 0 Å². The first-order valence-electron chi connectivity index (χ1n) is 4.62. The van der Waals surface area contributed by atoms with Gasteiger partial charge >= 0.3 is 0 Å². The SMILES string of the molecule is Cc1cc(Cl)nc(NCC(C)(C)C)n1. The molecule has 1 aromatic heterocycles. The Hall–Kier alpha value is -0.830. The highest BCUT2D eigenvalue weighted by atomic mass is 35.5. The molecule has 0 atom stereocenters. The summed E-state index contributed by atoms with van der Waals surface area (Å²) in [7, 11) is 0. The first-order chi connectivity index (χ1) is 6.37. The summed E-state index contributed by atoms with van der Waals surface area (Å²) in [5.41, 5.74) is 1.08. The standard InChI is InChI=1S/C10H16ClN3/c1-7-5-8(11)14-9(13-7)12-6-10(2,3)4/h5H,6H2,1-4H3,(H,12,13,14). The summed E-state index contributed by atoms with van der Waals surface area (Å²) in [5.74, 6) is 0.602. The Morgan fingerprint density at radius 1 is 1.36 bits per heavy atom. The molecule has 0 amide bonds. The zero-order valence-corrected chi connectivity index (χ0v) is 9.81. The third-order valence-corrected chi connectivity index (χ3v) is 1.79. The monoisotopic (exact) mass is 213 g/mol. The van der Waals surface area contributed by atoms with E-state index in [-0.39, 0.29) is 5.41 Å². The molecule has 4 heteroatoms. The zero-order valence-electron chi connectivity index (χ0n) is 9.06. The minimum Gasteiger partial charge on any atom is -0.354 e. The molecule has 0 saturated heterocycles. The molecule has 1 rings (SSSR count). The van der Waals surface area contributed by atoms with Crippen LogP contribution in [0.3, 0.4) is 0 Å². The Balaban J connectivity index is 2.68. The highest BCUT2D eigenvalue weighted by Gasteiger charge is 2.10. The van der Waals surface area contributed by atoms with Crippen molar-refractivity contribution in [3.05, 3.63) is 16.9 Å². The minimum absolute atomic E-state index is 0.208. The zero-order chi connectivity index (χ0) is 10.8. The molecule has 0 fully saturated rings. The predicted octanol–water partition coefficient (Wildman–Crippen LogP) is 2.90. The van der Waals surface area contributed by atoms with Crippen molar-refractivity contribution >= 4 is 17.5 Å². The van der Waals surface area contributed by atoms with Crippen LogP contribution in [0.1, 0.15) is 26.5 Å². The maximum atomic E-state index is 5.81. The lowest BCUT2D eigenvalue weighted by Gasteiger charge is -2.18.